The largest absolute Gasteiger partial charge is 0.309 e. The van der Waals surface area contributed by atoms with Crippen LogP contribution in [0.3, 0.4) is 0 Å². The van der Waals surface area contributed by atoms with E-state index in [1.165, 1.54) is 32.2 Å². The zero-order valence-electron chi connectivity index (χ0n) is 12.0. The highest BCUT2D eigenvalue weighted by Gasteiger charge is 2.30. The van der Waals surface area contributed by atoms with E-state index in [0.29, 0.717) is 5.78 Å². The molecule has 1 heterocycles. The lowest BCUT2D eigenvalue weighted by molar-refractivity contribution is -0.124. The first-order chi connectivity index (χ1) is 8.66. The van der Waals surface area contributed by atoms with E-state index in [2.05, 4.69) is 23.9 Å². The van der Waals surface area contributed by atoms with Crippen molar-refractivity contribution in [2.45, 2.75) is 51.0 Å². The van der Waals surface area contributed by atoms with E-state index in [-0.39, 0.29) is 6.04 Å². The van der Waals surface area contributed by atoms with Crippen LogP contribution in [0.25, 0.3) is 0 Å². The fourth-order valence-electron chi connectivity index (χ4n) is 3.49. The number of Topliss-reactive ketones (excluding diaryl/α,β-unsaturated/α-hetero) is 1. The number of piperidine rings is 1. The summed E-state index contributed by atoms with van der Waals surface area (Å²) >= 11 is 0. The third kappa shape index (κ3) is 3.79. The highest BCUT2D eigenvalue weighted by atomic mass is 16.1. The van der Waals surface area contributed by atoms with Gasteiger partial charge in [-0.15, -0.1) is 0 Å². The summed E-state index contributed by atoms with van der Waals surface area (Å²) in [5.41, 5.74) is 0. The second-order valence-corrected chi connectivity index (χ2v) is 6.32. The van der Waals surface area contributed by atoms with Gasteiger partial charge in [-0.05, 0) is 58.8 Å². The van der Waals surface area contributed by atoms with Gasteiger partial charge in [0.2, 0.25) is 0 Å². The van der Waals surface area contributed by atoms with Crippen molar-refractivity contribution >= 4 is 5.78 Å². The molecule has 0 amide bonds. The monoisotopic (exact) mass is 252 g/mol. The van der Waals surface area contributed by atoms with Gasteiger partial charge in [-0.2, -0.15) is 0 Å². The lowest BCUT2D eigenvalue weighted by Crippen LogP contribution is -2.46. The van der Waals surface area contributed by atoms with Crippen LogP contribution in [0.15, 0.2) is 0 Å². The summed E-state index contributed by atoms with van der Waals surface area (Å²) in [6.45, 7) is 3.47. The van der Waals surface area contributed by atoms with Crippen LogP contribution in [0.1, 0.15) is 44.9 Å². The molecule has 1 aliphatic carbocycles. The molecule has 0 spiro atoms. The van der Waals surface area contributed by atoms with Crippen molar-refractivity contribution in [3.63, 3.8) is 0 Å². The molecule has 1 saturated heterocycles. The standard InChI is InChI=1S/C15H28N2O/c1-16(2)12-13-8-10-17(11-9-13)14-6-4-3-5-7-15(14)18/h13-14H,3-12H2,1-2H3. The first kappa shape index (κ1) is 14.0. The van der Waals surface area contributed by atoms with E-state index >= 15 is 0 Å². The quantitative estimate of drug-likeness (QED) is 0.719. The third-order valence-electron chi connectivity index (χ3n) is 4.49. The van der Waals surface area contributed by atoms with Crippen molar-refractivity contribution in [3.05, 3.63) is 0 Å². The number of rotatable bonds is 3. The maximum atomic E-state index is 12.1. The average Bonchev–Trinajstić information content (AvgIpc) is 2.54. The van der Waals surface area contributed by atoms with Gasteiger partial charge in [0.1, 0.15) is 5.78 Å². The minimum absolute atomic E-state index is 0.257. The van der Waals surface area contributed by atoms with Gasteiger partial charge in [0.05, 0.1) is 6.04 Å². The molecule has 2 aliphatic rings. The van der Waals surface area contributed by atoms with Crippen LogP contribution in [-0.2, 0) is 4.79 Å². The minimum Gasteiger partial charge on any atom is -0.309 e. The normalized spacial score (nSPS) is 28.6. The number of likely N-dealkylation sites (tertiary alicyclic amines) is 1. The zero-order valence-corrected chi connectivity index (χ0v) is 12.0. The molecule has 0 aromatic rings. The van der Waals surface area contributed by atoms with Gasteiger partial charge in [-0.3, -0.25) is 9.69 Å². The van der Waals surface area contributed by atoms with Crippen molar-refractivity contribution in [1.29, 1.82) is 0 Å². The average molecular weight is 252 g/mol. The summed E-state index contributed by atoms with van der Waals surface area (Å²) in [7, 11) is 4.31. The number of carbonyl (C=O) groups excluding carboxylic acids is 1. The fraction of sp³-hybridized carbons (Fsp3) is 0.933. The maximum Gasteiger partial charge on any atom is 0.149 e. The zero-order chi connectivity index (χ0) is 13.0. The second-order valence-electron chi connectivity index (χ2n) is 6.32. The van der Waals surface area contributed by atoms with Crippen LogP contribution < -0.4 is 0 Å². The van der Waals surface area contributed by atoms with Gasteiger partial charge < -0.3 is 4.90 Å². The van der Waals surface area contributed by atoms with Gasteiger partial charge >= 0.3 is 0 Å². The van der Waals surface area contributed by atoms with E-state index in [1.54, 1.807) is 0 Å². The summed E-state index contributed by atoms with van der Waals surface area (Å²) in [6.07, 6.45) is 8.07. The van der Waals surface area contributed by atoms with Crippen molar-refractivity contribution in [2.75, 3.05) is 33.7 Å². The molecule has 104 valence electrons. The molecule has 2 rings (SSSR count). The molecule has 0 bridgehead atoms. The Labute approximate surface area is 112 Å². The molecule has 0 radical (unpaired) electrons. The van der Waals surface area contributed by atoms with E-state index in [9.17, 15) is 4.79 Å². The lowest BCUT2D eigenvalue weighted by Gasteiger charge is -2.37. The molecule has 0 N–H and O–H groups in total. The van der Waals surface area contributed by atoms with E-state index < -0.39 is 0 Å². The van der Waals surface area contributed by atoms with Gasteiger partial charge in [0, 0.05) is 13.0 Å². The van der Waals surface area contributed by atoms with Crippen LogP contribution in [0.5, 0.6) is 0 Å². The lowest BCUT2D eigenvalue weighted by atomic mass is 9.93. The Balaban J connectivity index is 1.82. The number of carbonyl (C=O) groups is 1. The van der Waals surface area contributed by atoms with E-state index in [1.807, 2.05) is 0 Å². The molecule has 3 nitrogen and oxygen atoms in total. The molecule has 1 saturated carbocycles. The summed E-state index contributed by atoms with van der Waals surface area (Å²) in [4.78, 5) is 16.9. The van der Waals surface area contributed by atoms with E-state index in [0.717, 1.165) is 38.3 Å². The number of nitrogens with zero attached hydrogens (tertiary/aromatic N) is 2. The smallest absolute Gasteiger partial charge is 0.149 e. The second kappa shape index (κ2) is 6.67. The molecule has 3 heteroatoms. The van der Waals surface area contributed by atoms with Crippen molar-refractivity contribution in [3.8, 4) is 0 Å². The van der Waals surface area contributed by atoms with Crippen LogP contribution >= 0.6 is 0 Å². The Morgan fingerprint density at radius 1 is 1.11 bits per heavy atom. The van der Waals surface area contributed by atoms with Crippen LogP contribution in [0, 0.1) is 5.92 Å². The molecule has 2 fully saturated rings. The third-order valence-corrected chi connectivity index (χ3v) is 4.49. The van der Waals surface area contributed by atoms with Gasteiger partial charge in [-0.25, -0.2) is 0 Å². The van der Waals surface area contributed by atoms with Crippen molar-refractivity contribution in [2.24, 2.45) is 5.92 Å². The highest BCUT2D eigenvalue weighted by Crippen LogP contribution is 2.25. The van der Waals surface area contributed by atoms with Crippen LogP contribution in [0.4, 0.5) is 0 Å². The molecule has 1 atom stereocenters. The Hall–Kier alpha value is -0.410. The minimum atomic E-state index is 0.257. The number of hydrogen-bond acceptors (Lipinski definition) is 3. The fourth-order valence-corrected chi connectivity index (χ4v) is 3.49. The summed E-state index contributed by atoms with van der Waals surface area (Å²) < 4.78 is 0. The Bertz CT molecular complexity index is 270. The van der Waals surface area contributed by atoms with E-state index in [4.69, 9.17) is 0 Å². The first-order valence-electron chi connectivity index (χ1n) is 7.58. The Morgan fingerprint density at radius 3 is 2.50 bits per heavy atom. The highest BCUT2D eigenvalue weighted by molar-refractivity contribution is 5.84. The van der Waals surface area contributed by atoms with Crippen LogP contribution in [-0.4, -0.2) is 55.4 Å². The molecule has 1 unspecified atom stereocenters. The summed E-state index contributed by atoms with van der Waals surface area (Å²) in [5.74, 6) is 1.34. The summed E-state index contributed by atoms with van der Waals surface area (Å²) in [5, 5.41) is 0. The topological polar surface area (TPSA) is 23.6 Å². The molecular formula is C15H28N2O. The molecular weight excluding hydrogens is 224 g/mol. The predicted molar refractivity (Wildman–Crippen MR) is 74.7 cm³/mol. The van der Waals surface area contributed by atoms with Gasteiger partial charge in [0.15, 0.2) is 0 Å². The van der Waals surface area contributed by atoms with Gasteiger partial charge in [-0.1, -0.05) is 12.8 Å². The summed E-state index contributed by atoms with van der Waals surface area (Å²) in [6, 6.07) is 0.257. The number of hydrogen-bond donors (Lipinski definition) is 0. The molecule has 0 aromatic carbocycles. The number of ketones is 1. The maximum absolute atomic E-state index is 12.1. The van der Waals surface area contributed by atoms with Gasteiger partial charge in [0.25, 0.3) is 0 Å². The first-order valence-corrected chi connectivity index (χ1v) is 7.58. The SMILES string of the molecule is CN(C)CC1CCN(C2CCCCCC2=O)CC1. The molecule has 1 aliphatic heterocycles. The molecule has 18 heavy (non-hydrogen) atoms. The van der Waals surface area contributed by atoms with Crippen molar-refractivity contribution in [1.82, 2.24) is 9.80 Å². The van der Waals surface area contributed by atoms with Crippen LogP contribution in [0.2, 0.25) is 0 Å². The van der Waals surface area contributed by atoms with Crippen molar-refractivity contribution < 1.29 is 4.79 Å². The predicted octanol–water partition coefficient (Wildman–Crippen LogP) is 2.16. The Kier molecular flexibility index (Phi) is 5.19. The molecule has 0 aromatic heterocycles. The Morgan fingerprint density at radius 2 is 1.83 bits per heavy atom.